The molecule has 0 aliphatic heterocycles. The van der Waals surface area contributed by atoms with Crippen LogP contribution in [-0.2, 0) is 12.0 Å². The number of ether oxygens (including phenoxy) is 1. The molecular formula is C15H18N2O3. The molecule has 1 heterocycles. The van der Waals surface area contributed by atoms with Crippen LogP contribution in [0.3, 0.4) is 0 Å². The number of H-pyrrole nitrogens is 1. The Hall–Kier alpha value is -2.30. The molecule has 0 atom stereocenters. The van der Waals surface area contributed by atoms with E-state index < -0.39 is 0 Å². The predicted molar refractivity (Wildman–Crippen MR) is 76.5 cm³/mol. The van der Waals surface area contributed by atoms with Crippen molar-refractivity contribution >= 4 is 6.29 Å². The summed E-state index contributed by atoms with van der Waals surface area (Å²) in [4.78, 5) is 25.1. The van der Waals surface area contributed by atoms with Crippen LogP contribution in [0.4, 0.5) is 0 Å². The average molecular weight is 274 g/mol. The molecule has 0 aliphatic rings. The van der Waals surface area contributed by atoms with E-state index in [1.54, 1.807) is 23.0 Å². The van der Waals surface area contributed by atoms with Crippen molar-refractivity contribution in [1.29, 1.82) is 0 Å². The minimum atomic E-state index is -0.263. The van der Waals surface area contributed by atoms with Crippen LogP contribution in [0.5, 0.6) is 5.75 Å². The molecule has 1 aromatic carbocycles. The van der Waals surface area contributed by atoms with Gasteiger partial charge in [-0.2, -0.15) is 0 Å². The van der Waals surface area contributed by atoms with Crippen LogP contribution in [0, 0.1) is 0 Å². The lowest BCUT2D eigenvalue weighted by Gasteiger charge is -2.26. The number of rotatable bonds is 5. The van der Waals surface area contributed by atoms with Crippen LogP contribution in [0.25, 0.3) is 0 Å². The minimum absolute atomic E-state index is 0.130. The maximum Gasteiger partial charge on any atom is 0.325 e. The summed E-state index contributed by atoms with van der Waals surface area (Å²) in [5.74, 6) is 0.548. The third-order valence-electron chi connectivity index (χ3n) is 3.43. The first-order chi connectivity index (χ1) is 9.47. The summed E-state index contributed by atoms with van der Waals surface area (Å²) < 4.78 is 6.85. The van der Waals surface area contributed by atoms with Crippen molar-refractivity contribution in [3.63, 3.8) is 0 Å². The van der Waals surface area contributed by atoms with Crippen molar-refractivity contribution in [3.8, 4) is 5.75 Å². The first kappa shape index (κ1) is 14.1. The summed E-state index contributed by atoms with van der Waals surface area (Å²) in [6.07, 6.45) is 4.11. The Balaban J connectivity index is 2.36. The smallest absolute Gasteiger partial charge is 0.325 e. The molecule has 0 saturated heterocycles. The second-order valence-electron chi connectivity index (χ2n) is 5.35. The SMILES string of the molecule is COc1cc(C(C)(C)Cn2cc[nH]c2=O)ccc1C=O. The Morgan fingerprint density at radius 3 is 2.70 bits per heavy atom. The molecule has 0 saturated carbocycles. The van der Waals surface area contributed by atoms with Crippen molar-refractivity contribution in [1.82, 2.24) is 9.55 Å². The Labute approximate surface area is 117 Å². The van der Waals surface area contributed by atoms with Gasteiger partial charge in [-0.05, 0) is 17.7 Å². The molecule has 0 spiro atoms. The second kappa shape index (κ2) is 5.36. The van der Waals surface area contributed by atoms with Gasteiger partial charge in [0.25, 0.3) is 0 Å². The molecule has 2 aromatic rings. The molecule has 1 N–H and O–H groups in total. The normalized spacial score (nSPS) is 11.3. The molecular weight excluding hydrogens is 256 g/mol. The molecule has 20 heavy (non-hydrogen) atoms. The van der Waals surface area contributed by atoms with Crippen LogP contribution in [0.1, 0.15) is 29.8 Å². The lowest BCUT2D eigenvalue weighted by Crippen LogP contribution is -2.29. The summed E-state index contributed by atoms with van der Waals surface area (Å²) >= 11 is 0. The van der Waals surface area contributed by atoms with Crippen LogP contribution in [0.2, 0.25) is 0 Å². The number of aromatic nitrogens is 2. The first-order valence-electron chi connectivity index (χ1n) is 6.35. The van der Waals surface area contributed by atoms with Gasteiger partial charge in [-0.25, -0.2) is 4.79 Å². The lowest BCUT2D eigenvalue weighted by atomic mass is 9.84. The summed E-state index contributed by atoms with van der Waals surface area (Å²) in [7, 11) is 1.54. The maximum absolute atomic E-state index is 11.6. The fraction of sp³-hybridized carbons (Fsp3) is 0.333. The van der Waals surface area contributed by atoms with E-state index in [0.717, 1.165) is 11.8 Å². The molecule has 2 rings (SSSR count). The fourth-order valence-electron chi connectivity index (χ4n) is 2.22. The Morgan fingerprint density at radius 2 is 2.15 bits per heavy atom. The van der Waals surface area contributed by atoms with Crippen molar-refractivity contribution in [2.24, 2.45) is 0 Å². The van der Waals surface area contributed by atoms with E-state index in [1.807, 2.05) is 26.0 Å². The minimum Gasteiger partial charge on any atom is -0.496 e. The van der Waals surface area contributed by atoms with Crippen LogP contribution in [-0.4, -0.2) is 22.9 Å². The molecule has 5 nitrogen and oxygen atoms in total. The second-order valence-corrected chi connectivity index (χ2v) is 5.35. The van der Waals surface area contributed by atoms with E-state index in [0.29, 0.717) is 17.9 Å². The van der Waals surface area contributed by atoms with Gasteiger partial charge in [0.2, 0.25) is 0 Å². The highest BCUT2D eigenvalue weighted by molar-refractivity contribution is 5.79. The van der Waals surface area contributed by atoms with Gasteiger partial charge in [0.15, 0.2) is 6.29 Å². The highest BCUT2D eigenvalue weighted by Gasteiger charge is 2.23. The monoisotopic (exact) mass is 274 g/mol. The number of imidazole rings is 1. The molecule has 106 valence electrons. The quantitative estimate of drug-likeness (QED) is 0.848. The number of nitrogens with one attached hydrogen (secondary N) is 1. The van der Waals surface area contributed by atoms with E-state index in [-0.39, 0.29) is 11.1 Å². The number of aldehydes is 1. The van der Waals surface area contributed by atoms with E-state index in [1.165, 1.54) is 7.11 Å². The van der Waals surface area contributed by atoms with Gasteiger partial charge in [-0.3, -0.25) is 9.36 Å². The Morgan fingerprint density at radius 1 is 1.40 bits per heavy atom. The van der Waals surface area contributed by atoms with Crippen molar-refractivity contribution in [2.75, 3.05) is 7.11 Å². The molecule has 0 unspecified atom stereocenters. The van der Waals surface area contributed by atoms with E-state index in [9.17, 15) is 9.59 Å². The van der Waals surface area contributed by atoms with Gasteiger partial charge in [0, 0.05) is 24.4 Å². The first-order valence-corrected chi connectivity index (χ1v) is 6.35. The average Bonchev–Trinajstić information content (AvgIpc) is 2.82. The zero-order valence-electron chi connectivity index (χ0n) is 11.8. The third kappa shape index (κ3) is 2.66. The number of hydrogen-bond acceptors (Lipinski definition) is 3. The van der Waals surface area contributed by atoms with Crippen molar-refractivity contribution < 1.29 is 9.53 Å². The van der Waals surface area contributed by atoms with Crippen molar-refractivity contribution in [2.45, 2.75) is 25.8 Å². The number of hydrogen-bond donors (Lipinski definition) is 1. The van der Waals surface area contributed by atoms with Crippen LogP contribution >= 0.6 is 0 Å². The molecule has 0 aliphatic carbocycles. The third-order valence-corrected chi connectivity index (χ3v) is 3.43. The maximum atomic E-state index is 11.6. The van der Waals surface area contributed by atoms with Gasteiger partial charge in [-0.1, -0.05) is 19.9 Å². The summed E-state index contributed by atoms with van der Waals surface area (Å²) in [5.41, 5.74) is 1.13. The number of benzene rings is 1. The van der Waals surface area contributed by atoms with Gasteiger partial charge in [0.05, 0.1) is 12.7 Å². The number of aromatic amines is 1. The standard InChI is InChI=1S/C15H18N2O3/c1-15(2,10-17-7-6-16-14(17)19)12-5-4-11(9-18)13(8-12)20-3/h4-9H,10H2,1-3H3,(H,16,19). The van der Waals surface area contributed by atoms with E-state index in [4.69, 9.17) is 4.74 Å². The Bertz CT molecular complexity index is 668. The summed E-state index contributed by atoms with van der Waals surface area (Å²) in [6.45, 7) is 4.63. The molecule has 0 fully saturated rings. The molecule has 0 bridgehead atoms. The number of nitrogens with zero attached hydrogens (tertiary/aromatic N) is 1. The number of methoxy groups -OCH3 is 1. The Kier molecular flexibility index (Phi) is 3.79. The van der Waals surface area contributed by atoms with Gasteiger partial charge >= 0.3 is 5.69 Å². The molecule has 0 radical (unpaired) electrons. The van der Waals surface area contributed by atoms with Crippen molar-refractivity contribution in [3.05, 3.63) is 52.2 Å². The molecule has 0 amide bonds. The van der Waals surface area contributed by atoms with Crippen LogP contribution in [0.15, 0.2) is 35.4 Å². The highest BCUT2D eigenvalue weighted by Crippen LogP contribution is 2.29. The van der Waals surface area contributed by atoms with Crippen LogP contribution < -0.4 is 10.4 Å². The van der Waals surface area contributed by atoms with Gasteiger partial charge < -0.3 is 9.72 Å². The number of carbonyl (C=O) groups is 1. The zero-order chi connectivity index (χ0) is 14.8. The molecule has 1 aromatic heterocycles. The van der Waals surface area contributed by atoms with E-state index in [2.05, 4.69) is 4.98 Å². The highest BCUT2D eigenvalue weighted by atomic mass is 16.5. The largest absolute Gasteiger partial charge is 0.496 e. The topological polar surface area (TPSA) is 64.1 Å². The van der Waals surface area contributed by atoms with E-state index >= 15 is 0 Å². The van der Waals surface area contributed by atoms with Gasteiger partial charge in [-0.15, -0.1) is 0 Å². The fourth-order valence-corrected chi connectivity index (χ4v) is 2.22. The van der Waals surface area contributed by atoms with Gasteiger partial charge in [0.1, 0.15) is 5.75 Å². The zero-order valence-corrected chi connectivity index (χ0v) is 11.8. The predicted octanol–water partition coefficient (Wildman–Crippen LogP) is 1.98. The summed E-state index contributed by atoms with van der Waals surface area (Å²) in [6, 6.07) is 5.48. The number of carbonyl (C=O) groups excluding carboxylic acids is 1. The summed E-state index contributed by atoms with van der Waals surface area (Å²) in [5, 5.41) is 0. The molecule has 5 heteroatoms. The lowest BCUT2D eigenvalue weighted by molar-refractivity contribution is 0.112.